The predicted molar refractivity (Wildman–Crippen MR) is 92.1 cm³/mol. The number of hydrogen-bond donors (Lipinski definition) is 1. The molecule has 2 amide bonds. The minimum Gasteiger partial charge on any atom is -0.465 e. The van der Waals surface area contributed by atoms with E-state index in [1.54, 1.807) is 31.2 Å². The van der Waals surface area contributed by atoms with E-state index in [9.17, 15) is 14.4 Å². The van der Waals surface area contributed by atoms with Gasteiger partial charge in [0.25, 0.3) is 0 Å². The van der Waals surface area contributed by atoms with Crippen LogP contribution >= 0.6 is 27.7 Å². The van der Waals surface area contributed by atoms with Crippen LogP contribution in [-0.4, -0.2) is 41.4 Å². The monoisotopic (exact) mass is 400 g/mol. The van der Waals surface area contributed by atoms with Crippen LogP contribution in [0.5, 0.6) is 0 Å². The largest absolute Gasteiger partial charge is 0.465 e. The number of imide groups is 1. The first kappa shape index (κ1) is 18.0. The molecule has 0 bridgehead atoms. The van der Waals surface area contributed by atoms with Crippen molar-refractivity contribution in [2.24, 2.45) is 5.73 Å². The van der Waals surface area contributed by atoms with Gasteiger partial charge in [0.15, 0.2) is 0 Å². The highest BCUT2D eigenvalue weighted by Crippen LogP contribution is 2.30. The number of nitrogens with zero attached hydrogens (tertiary/aromatic N) is 1. The van der Waals surface area contributed by atoms with Gasteiger partial charge < -0.3 is 10.5 Å². The van der Waals surface area contributed by atoms with Crippen LogP contribution in [0.1, 0.15) is 13.3 Å². The van der Waals surface area contributed by atoms with Gasteiger partial charge >= 0.3 is 5.97 Å². The van der Waals surface area contributed by atoms with Crippen molar-refractivity contribution in [3.05, 3.63) is 28.7 Å². The molecule has 8 heteroatoms. The van der Waals surface area contributed by atoms with E-state index in [4.69, 9.17) is 10.5 Å². The lowest BCUT2D eigenvalue weighted by Crippen LogP contribution is -2.36. The zero-order chi connectivity index (χ0) is 17.0. The summed E-state index contributed by atoms with van der Waals surface area (Å²) in [4.78, 5) is 37.2. The molecule has 0 unspecified atom stereocenters. The van der Waals surface area contributed by atoms with Gasteiger partial charge in [0.1, 0.15) is 6.04 Å². The van der Waals surface area contributed by atoms with Gasteiger partial charge in [-0.2, -0.15) is 0 Å². The molecule has 124 valence electrons. The van der Waals surface area contributed by atoms with Crippen molar-refractivity contribution in [3.8, 4) is 0 Å². The Balaban J connectivity index is 1.98. The fourth-order valence-corrected chi connectivity index (χ4v) is 3.48. The van der Waals surface area contributed by atoms with E-state index < -0.39 is 17.3 Å². The Bertz CT molecular complexity index is 608. The number of amides is 2. The van der Waals surface area contributed by atoms with E-state index in [1.807, 2.05) is 0 Å². The molecule has 1 heterocycles. The maximum absolute atomic E-state index is 12.4. The SMILES string of the molecule is CCOC(=O)[C@H](N)CS[C@H]1CC(=O)N(c2ccc(Br)cc2)C1=O. The fraction of sp³-hybridized carbons (Fsp3) is 0.400. The summed E-state index contributed by atoms with van der Waals surface area (Å²) in [6.07, 6.45) is 0.106. The quantitative estimate of drug-likeness (QED) is 0.577. The Morgan fingerprint density at radius 1 is 1.43 bits per heavy atom. The molecule has 1 saturated heterocycles. The van der Waals surface area contributed by atoms with Gasteiger partial charge in [-0.25, -0.2) is 4.90 Å². The second-order valence-corrected chi connectivity index (χ2v) is 7.08. The molecule has 23 heavy (non-hydrogen) atoms. The Morgan fingerprint density at radius 3 is 2.70 bits per heavy atom. The van der Waals surface area contributed by atoms with Crippen molar-refractivity contribution >= 4 is 51.2 Å². The van der Waals surface area contributed by atoms with Crippen molar-refractivity contribution < 1.29 is 19.1 Å². The lowest BCUT2D eigenvalue weighted by Gasteiger charge is -2.15. The number of nitrogens with two attached hydrogens (primary N) is 1. The number of halogens is 1. The topological polar surface area (TPSA) is 89.7 Å². The molecule has 0 aromatic heterocycles. The second-order valence-electron chi connectivity index (χ2n) is 4.93. The minimum absolute atomic E-state index is 0.106. The molecule has 2 atom stereocenters. The highest BCUT2D eigenvalue weighted by molar-refractivity contribution is 9.10. The Hall–Kier alpha value is -1.38. The Kier molecular flexibility index (Phi) is 6.20. The summed E-state index contributed by atoms with van der Waals surface area (Å²) in [7, 11) is 0. The van der Waals surface area contributed by atoms with E-state index in [2.05, 4.69) is 15.9 Å². The standard InChI is InChI=1S/C15H17BrN2O4S/c1-2-22-15(21)11(17)8-23-12-7-13(19)18(14(12)20)10-5-3-9(16)4-6-10/h3-6,11-12H,2,7-8,17H2,1H3/t11-,12+/m1/s1. The van der Waals surface area contributed by atoms with Crippen molar-refractivity contribution in [1.29, 1.82) is 0 Å². The summed E-state index contributed by atoms with van der Waals surface area (Å²) < 4.78 is 5.69. The molecule has 2 N–H and O–H groups in total. The molecule has 1 aromatic carbocycles. The van der Waals surface area contributed by atoms with Gasteiger partial charge in [-0.15, -0.1) is 11.8 Å². The smallest absolute Gasteiger partial charge is 0.323 e. The first-order chi connectivity index (χ1) is 10.9. The molecular weight excluding hydrogens is 384 g/mol. The molecule has 1 fully saturated rings. The number of hydrogen-bond acceptors (Lipinski definition) is 6. The fourth-order valence-electron chi connectivity index (χ4n) is 2.13. The van der Waals surface area contributed by atoms with E-state index in [0.29, 0.717) is 5.69 Å². The van der Waals surface area contributed by atoms with E-state index >= 15 is 0 Å². The summed E-state index contributed by atoms with van der Waals surface area (Å²) in [5.74, 6) is -0.795. The van der Waals surface area contributed by atoms with Crippen LogP contribution in [0.2, 0.25) is 0 Å². The minimum atomic E-state index is -0.801. The van der Waals surface area contributed by atoms with Crippen LogP contribution in [0.4, 0.5) is 5.69 Å². The van der Waals surface area contributed by atoms with E-state index in [-0.39, 0.29) is 30.6 Å². The number of carbonyl (C=O) groups excluding carboxylic acids is 3. The Morgan fingerprint density at radius 2 is 2.09 bits per heavy atom. The number of anilines is 1. The number of benzene rings is 1. The molecule has 0 saturated carbocycles. The summed E-state index contributed by atoms with van der Waals surface area (Å²) >= 11 is 4.53. The first-order valence-electron chi connectivity index (χ1n) is 7.10. The van der Waals surface area contributed by atoms with Crippen LogP contribution in [0.3, 0.4) is 0 Å². The Labute approximate surface area is 146 Å². The van der Waals surface area contributed by atoms with E-state index in [0.717, 1.165) is 4.47 Å². The molecule has 0 aliphatic carbocycles. The summed E-state index contributed by atoms with van der Waals surface area (Å²) in [5.41, 5.74) is 6.26. The van der Waals surface area contributed by atoms with Crippen LogP contribution in [0.15, 0.2) is 28.7 Å². The highest BCUT2D eigenvalue weighted by Gasteiger charge is 2.40. The number of ether oxygens (including phenoxy) is 1. The van der Waals surface area contributed by atoms with Crippen molar-refractivity contribution in [3.63, 3.8) is 0 Å². The van der Waals surface area contributed by atoms with Gasteiger partial charge in [0, 0.05) is 16.6 Å². The van der Waals surface area contributed by atoms with Crippen molar-refractivity contribution in [2.75, 3.05) is 17.3 Å². The third kappa shape index (κ3) is 4.33. The molecular formula is C15H17BrN2O4S. The third-order valence-corrected chi connectivity index (χ3v) is 5.11. The normalized spacial score (nSPS) is 19.1. The first-order valence-corrected chi connectivity index (χ1v) is 8.94. The molecule has 1 aliphatic rings. The molecule has 0 spiro atoms. The number of thioether (sulfide) groups is 1. The molecule has 2 rings (SSSR count). The van der Waals surface area contributed by atoms with Gasteiger partial charge in [-0.1, -0.05) is 15.9 Å². The molecule has 0 radical (unpaired) electrons. The molecule has 6 nitrogen and oxygen atoms in total. The summed E-state index contributed by atoms with van der Waals surface area (Å²) in [5, 5.41) is -0.522. The number of rotatable bonds is 6. The third-order valence-electron chi connectivity index (χ3n) is 3.26. The highest BCUT2D eigenvalue weighted by atomic mass is 79.9. The zero-order valence-electron chi connectivity index (χ0n) is 12.5. The van der Waals surface area contributed by atoms with Crippen molar-refractivity contribution in [1.82, 2.24) is 0 Å². The van der Waals surface area contributed by atoms with Crippen LogP contribution in [0.25, 0.3) is 0 Å². The average Bonchev–Trinajstić information content (AvgIpc) is 2.80. The van der Waals surface area contributed by atoms with Gasteiger partial charge in [0.2, 0.25) is 11.8 Å². The number of esters is 1. The van der Waals surface area contributed by atoms with Crippen molar-refractivity contribution in [2.45, 2.75) is 24.6 Å². The van der Waals surface area contributed by atoms with Gasteiger partial charge in [-0.3, -0.25) is 14.4 Å². The maximum Gasteiger partial charge on any atom is 0.323 e. The van der Waals surface area contributed by atoms with Crippen LogP contribution in [-0.2, 0) is 19.1 Å². The maximum atomic E-state index is 12.4. The van der Waals surface area contributed by atoms with Gasteiger partial charge in [0.05, 0.1) is 17.5 Å². The lowest BCUT2D eigenvalue weighted by atomic mass is 10.3. The molecule has 1 aromatic rings. The second kappa shape index (κ2) is 7.94. The summed E-state index contributed by atoms with van der Waals surface area (Å²) in [6.45, 7) is 1.96. The van der Waals surface area contributed by atoms with Crippen LogP contribution in [0, 0.1) is 0 Å². The zero-order valence-corrected chi connectivity index (χ0v) is 14.9. The lowest BCUT2D eigenvalue weighted by molar-refractivity contribution is -0.144. The predicted octanol–water partition coefficient (Wildman–Crippen LogP) is 1.70. The summed E-state index contributed by atoms with van der Waals surface area (Å²) in [6, 6.07) is 6.15. The van der Waals surface area contributed by atoms with Crippen LogP contribution < -0.4 is 10.6 Å². The number of carbonyl (C=O) groups is 3. The average molecular weight is 401 g/mol. The van der Waals surface area contributed by atoms with E-state index in [1.165, 1.54) is 16.7 Å². The van der Waals surface area contributed by atoms with Gasteiger partial charge in [-0.05, 0) is 31.2 Å². The molecule has 1 aliphatic heterocycles.